The summed E-state index contributed by atoms with van der Waals surface area (Å²) in [5.74, 6) is 0. The Bertz CT molecular complexity index is 694. The van der Waals surface area contributed by atoms with Gasteiger partial charge >= 0.3 is 0 Å². The van der Waals surface area contributed by atoms with Gasteiger partial charge in [-0.1, -0.05) is 29.3 Å². The number of rotatable bonds is 3. The summed E-state index contributed by atoms with van der Waals surface area (Å²) >= 11 is 13.4. The van der Waals surface area contributed by atoms with Crippen LogP contribution >= 0.6 is 34.5 Å². The maximum Gasteiger partial charge on any atom is 0.193 e. The fourth-order valence-electron chi connectivity index (χ4n) is 1.91. The normalized spacial score (nSPS) is 13.0. The molecule has 0 saturated carbocycles. The molecule has 1 aromatic carbocycles. The van der Waals surface area contributed by atoms with Crippen LogP contribution in [0.1, 0.15) is 17.4 Å². The number of imidazole rings is 1. The van der Waals surface area contributed by atoms with Gasteiger partial charge in [0.1, 0.15) is 0 Å². The van der Waals surface area contributed by atoms with E-state index in [-0.39, 0.29) is 0 Å². The molecule has 2 aromatic heterocycles. The van der Waals surface area contributed by atoms with Crippen molar-refractivity contribution in [3.8, 4) is 0 Å². The standard InChI is InChI=1S/C13H10Cl2N2OS/c14-10-2-1-8(5-11(10)15)12(18)6-9-7-17-3-4-19-13(17)16-9/h1-5,7,12,18H,6H2. The highest BCUT2D eigenvalue weighted by Gasteiger charge is 2.13. The molecule has 0 saturated heterocycles. The summed E-state index contributed by atoms with van der Waals surface area (Å²) in [6, 6.07) is 5.15. The molecule has 3 nitrogen and oxygen atoms in total. The summed E-state index contributed by atoms with van der Waals surface area (Å²) in [6.45, 7) is 0. The number of aromatic nitrogens is 2. The molecule has 2 heterocycles. The molecule has 0 radical (unpaired) electrons. The van der Waals surface area contributed by atoms with Crippen LogP contribution in [0.3, 0.4) is 0 Å². The summed E-state index contributed by atoms with van der Waals surface area (Å²) in [4.78, 5) is 5.37. The maximum absolute atomic E-state index is 10.2. The molecule has 0 spiro atoms. The summed E-state index contributed by atoms with van der Waals surface area (Å²) in [5, 5.41) is 13.1. The van der Waals surface area contributed by atoms with Gasteiger partial charge in [0.05, 0.1) is 21.8 Å². The van der Waals surface area contributed by atoms with Crippen LogP contribution < -0.4 is 0 Å². The molecule has 0 aliphatic heterocycles. The van der Waals surface area contributed by atoms with Crippen molar-refractivity contribution in [1.82, 2.24) is 9.38 Å². The average molecular weight is 313 g/mol. The molecule has 1 atom stereocenters. The zero-order valence-corrected chi connectivity index (χ0v) is 12.1. The Morgan fingerprint density at radius 2 is 2.16 bits per heavy atom. The topological polar surface area (TPSA) is 37.5 Å². The van der Waals surface area contributed by atoms with Gasteiger partial charge in [0.2, 0.25) is 0 Å². The maximum atomic E-state index is 10.2. The molecule has 1 N–H and O–H groups in total. The smallest absolute Gasteiger partial charge is 0.193 e. The van der Waals surface area contributed by atoms with Crippen molar-refractivity contribution < 1.29 is 5.11 Å². The minimum Gasteiger partial charge on any atom is -0.388 e. The van der Waals surface area contributed by atoms with Gasteiger partial charge in [0, 0.05) is 24.2 Å². The lowest BCUT2D eigenvalue weighted by Crippen LogP contribution is -2.02. The molecule has 98 valence electrons. The second-order valence-corrected chi connectivity index (χ2v) is 5.91. The van der Waals surface area contributed by atoms with Crippen LogP contribution in [0.25, 0.3) is 4.96 Å². The zero-order valence-electron chi connectivity index (χ0n) is 9.75. The Kier molecular flexibility index (Phi) is 3.50. The molecule has 6 heteroatoms. The number of nitrogens with zero attached hydrogens (tertiary/aromatic N) is 2. The molecule has 0 aliphatic rings. The third-order valence-corrected chi connectivity index (χ3v) is 4.38. The van der Waals surface area contributed by atoms with Crippen molar-refractivity contribution in [2.45, 2.75) is 12.5 Å². The second kappa shape index (κ2) is 5.13. The van der Waals surface area contributed by atoms with E-state index in [2.05, 4.69) is 4.98 Å². The number of halogens is 2. The van der Waals surface area contributed by atoms with Gasteiger partial charge in [0.15, 0.2) is 4.96 Å². The minimum atomic E-state index is -0.639. The lowest BCUT2D eigenvalue weighted by Gasteiger charge is -2.10. The lowest BCUT2D eigenvalue weighted by molar-refractivity contribution is 0.177. The van der Waals surface area contributed by atoms with Gasteiger partial charge < -0.3 is 5.11 Å². The molecule has 19 heavy (non-hydrogen) atoms. The summed E-state index contributed by atoms with van der Waals surface area (Å²) in [5.41, 5.74) is 1.59. The van der Waals surface area contributed by atoms with E-state index < -0.39 is 6.10 Å². The number of aliphatic hydroxyl groups is 1. The lowest BCUT2D eigenvalue weighted by atomic mass is 10.1. The average Bonchev–Trinajstić information content (AvgIpc) is 2.93. The van der Waals surface area contributed by atoms with Crippen LogP contribution in [0.2, 0.25) is 10.0 Å². The van der Waals surface area contributed by atoms with Crippen LogP contribution in [0.5, 0.6) is 0 Å². The number of fused-ring (bicyclic) bond motifs is 1. The Balaban J connectivity index is 1.82. The molecule has 0 fully saturated rings. The van der Waals surface area contributed by atoms with E-state index in [1.807, 2.05) is 22.2 Å². The number of aliphatic hydroxyl groups excluding tert-OH is 1. The number of hydrogen-bond acceptors (Lipinski definition) is 3. The van der Waals surface area contributed by atoms with E-state index in [1.54, 1.807) is 29.5 Å². The summed E-state index contributed by atoms with van der Waals surface area (Å²) in [7, 11) is 0. The zero-order chi connectivity index (χ0) is 13.4. The third-order valence-electron chi connectivity index (χ3n) is 2.87. The molecule has 0 bridgehead atoms. The van der Waals surface area contributed by atoms with Crippen LogP contribution in [-0.4, -0.2) is 14.5 Å². The van der Waals surface area contributed by atoms with E-state index >= 15 is 0 Å². The van der Waals surface area contributed by atoms with E-state index in [9.17, 15) is 5.11 Å². The van der Waals surface area contributed by atoms with Gasteiger partial charge in [-0.2, -0.15) is 0 Å². The van der Waals surface area contributed by atoms with Crippen LogP contribution in [-0.2, 0) is 6.42 Å². The Hall–Kier alpha value is -1.07. The number of hydrogen-bond donors (Lipinski definition) is 1. The van der Waals surface area contributed by atoms with Crippen LogP contribution in [0, 0.1) is 0 Å². The highest BCUT2D eigenvalue weighted by molar-refractivity contribution is 7.15. The number of thiazole rings is 1. The predicted octanol–water partition coefficient (Wildman–Crippen LogP) is 3.98. The molecular weight excluding hydrogens is 303 g/mol. The van der Waals surface area contributed by atoms with Crippen LogP contribution in [0.15, 0.2) is 36.0 Å². The number of benzene rings is 1. The SMILES string of the molecule is OC(Cc1cn2ccsc2n1)c1ccc(Cl)c(Cl)c1. The van der Waals surface area contributed by atoms with E-state index in [0.717, 1.165) is 16.2 Å². The first-order valence-corrected chi connectivity index (χ1v) is 7.31. The highest BCUT2D eigenvalue weighted by atomic mass is 35.5. The molecule has 3 aromatic rings. The highest BCUT2D eigenvalue weighted by Crippen LogP contribution is 2.27. The van der Waals surface area contributed by atoms with E-state index in [1.165, 1.54) is 0 Å². The fraction of sp³-hybridized carbons (Fsp3) is 0.154. The van der Waals surface area contributed by atoms with Crippen molar-refractivity contribution in [2.24, 2.45) is 0 Å². The first-order chi connectivity index (χ1) is 9.13. The van der Waals surface area contributed by atoms with Crippen molar-refractivity contribution in [1.29, 1.82) is 0 Å². The van der Waals surface area contributed by atoms with Crippen molar-refractivity contribution in [2.75, 3.05) is 0 Å². The monoisotopic (exact) mass is 312 g/mol. The van der Waals surface area contributed by atoms with Gasteiger partial charge in [-0.15, -0.1) is 11.3 Å². The quantitative estimate of drug-likeness (QED) is 0.794. The van der Waals surface area contributed by atoms with Gasteiger partial charge in [-0.3, -0.25) is 4.40 Å². The predicted molar refractivity (Wildman–Crippen MR) is 78.2 cm³/mol. The second-order valence-electron chi connectivity index (χ2n) is 4.22. The molecule has 0 amide bonds. The molecule has 1 unspecified atom stereocenters. The van der Waals surface area contributed by atoms with Gasteiger partial charge in [-0.05, 0) is 17.7 Å². The largest absolute Gasteiger partial charge is 0.388 e. The molecule has 3 rings (SSSR count). The van der Waals surface area contributed by atoms with Gasteiger partial charge in [0.25, 0.3) is 0 Å². The van der Waals surface area contributed by atoms with Crippen molar-refractivity contribution >= 4 is 39.5 Å². The summed E-state index contributed by atoms with van der Waals surface area (Å²) in [6.07, 6.45) is 3.68. The third kappa shape index (κ3) is 2.62. The Labute approximate surface area is 124 Å². The summed E-state index contributed by atoms with van der Waals surface area (Å²) < 4.78 is 1.95. The van der Waals surface area contributed by atoms with E-state index in [4.69, 9.17) is 23.2 Å². The fourth-order valence-corrected chi connectivity index (χ4v) is 2.94. The van der Waals surface area contributed by atoms with Crippen LogP contribution in [0.4, 0.5) is 0 Å². The Morgan fingerprint density at radius 1 is 1.32 bits per heavy atom. The molecular formula is C13H10Cl2N2OS. The van der Waals surface area contributed by atoms with E-state index in [0.29, 0.717) is 16.5 Å². The minimum absolute atomic E-state index is 0.448. The van der Waals surface area contributed by atoms with Crippen molar-refractivity contribution in [3.05, 3.63) is 57.3 Å². The first kappa shape index (κ1) is 12.9. The van der Waals surface area contributed by atoms with Gasteiger partial charge in [-0.25, -0.2) is 4.98 Å². The van der Waals surface area contributed by atoms with Crippen molar-refractivity contribution in [3.63, 3.8) is 0 Å². The molecule has 0 aliphatic carbocycles. The first-order valence-electron chi connectivity index (χ1n) is 5.67. The Morgan fingerprint density at radius 3 is 2.89 bits per heavy atom.